The highest BCUT2D eigenvalue weighted by Gasteiger charge is 2.28. The highest BCUT2D eigenvalue weighted by Crippen LogP contribution is 2.31. The molecule has 3 nitrogen and oxygen atoms in total. The lowest BCUT2D eigenvalue weighted by Gasteiger charge is -2.42. The number of nitrogens with zero attached hydrogens (tertiary/aromatic N) is 1. The van der Waals surface area contributed by atoms with Gasteiger partial charge in [0.1, 0.15) is 5.75 Å². The van der Waals surface area contributed by atoms with E-state index >= 15 is 0 Å². The van der Waals surface area contributed by atoms with Gasteiger partial charge in [0.2, 0.25) is 0 Å². The molecular formula is C16H25ClN2O. The van der Waals surface area contributed by atoms with E-state index in [1.165, 1.54) is 12.1 Å². The van der Waals surface area contributed by atoms with Gasteiger partial charge in [-0.15, -0.1) is 0 Å². The molecule has 0 amide bonds. The molecule has 0 spiro atoms. The smallest absolute Gasteiger partial charge is 0.139 e. The lowest BCUT2D eigenvalue weighted by atomic mass is 9.95. The summed E-state index contributed by atoms with van der Waals surface area (Å²) in [6.45, 7) is 8.86. The first-order chi connectivity index (χ1) is 9.56. The predicted molar refractivity (Wildman–Crippen MR) is 86.1 cm³/mol. The fraction of sp³-hybridized carbons (Fsp3) is 0.625. The van der Waals surface area contributed by atoms with Gasteiger partial charge >= 0.3 is 0 Å². The van der Waals surface area contributed by atoms with E-state index in [1.807, 2.05) is 12.1 Å². The van der Waals surface area contributed by atoms with Crippen LogP contribution in [0.3, 0.4) is 0 Å². The van der Waals surface area contributed by atoms with E-state index in [1.54, 1.807) is 7.11 Å². The lowest BCUT2D eigenvalue weighted by Crippen LogP contribution is -2.57. The zero-order valence-electron chi connectivity index (χ0n) is 12.8. The minimum atomic E-state index is 0.473. The van der Waals surface area contributed by atoms with E-state index in [9.17, 15) is 0 Å². The Kier molecular flexibility index (Phi) is 5.17. The molecule has 1 aromatic carbocycles. The van der Waals surface area contributed by atoms with Gasteiger partial charge in [-0.25, -0.2) is 0 Å². The van der Waals surface area contributed by atoms with Gasteiger partial charge in [0.25, 0.3) is 0 Å². The van der Waals surface area contributed by atoms with Crippen molar-refractivity contribution in [3.8, 4) is 5.75 Å². The number of halogens is 1. The van der Waals surface area contributed by atoms with Crippen LogP contribution in [-0.4, -0.2) is 32.3 Å². The number of piperazine rings is 1. The second-order valence-corrected chi connectivity index (χ2v) is 6.13. The molecule has 1 N–H and O–H groups in total. The zero-order chi connectivity index (χ0) is 14.7. The molecule has 0 aliphatic carbocycles. The SMILES string of the molecule is CCC(C)C1CN(c2ccc(Cl)c(OC)c2)C(C)CN1. The van der Waals surface area contributed by atoms with Crippen molar-refractivity contribution in [1.29, 1.82) is 0 Å². The number of anilines is 1. The molecule has 3 unspecified atom stereocenters. The molecule has 1 aromatic rings. The number of benzene rings is 1. The largest absolute Gasteiger partial charge is 0.495 e. The first kappa shape index (κ1) is 15.5. The van der Waals surface area contributed by atoms with E-state index in [-0.39, 0.29) is 0 Å². The van der Waals surface area contributed by atoms with Crippen molar-refractivity contribution in [3.05, 3.63) is 23.2 Å². The summed E-state index contributed by atoms with van der Waals surface area (Å²) in [6, 6.07) is 7.06. The number of nitrogens with one attached hydrogen (secondary N) is 1. The van der Waals surface area contributed by atoms with E-state index in [2.05, 4.69) is 37.1 Å². The molecule has 0 aromatic heterocycles. The maximum atomic E-state index is 6.12. The summed E-state index contributed by atoms with van der Waals surface area (Å²) in [4.78, 5) is 2.45. The highest BCUT2D eigenvalue weighted by molar-refractivity contribution is 6.32. The van der Waals surface area contributed by atoms with Gasteiger partial charge in [-0.05, 0) is 25.0 Å². The zero-order valence-corrected chi connectivity index (χ0v) is 13.6. The Morgan fingerprint density at radius 3 is 2.90 bits per heavy atom. The third-order valence-corrected chi connectivity index (χ3v) is 4.71. The van der Waals surface area contributed by atoms with E-state index in [0.717, 1.165) is 18.8 Å². The number of rotatable bonds is 4. The summed E-state index contributed by atoms with van der Waals surface area (Å²) in [5.41, 5.74) is 1.19. The lowest BCUT2D eigenvalue weighted by molar-refractivity contribution is 0.315. The second-order valence-electron chi connectivity index (χ2n) is 5.72. The topological polar surface area (TPSA) is 24.5 Å². The Morgan fingerprint density at radius 2 is 2.25 bits per heavy atom. The Hall–Kier alpha value is -0.930. The van der Waals surface area contributed by atoms with E-state index in [4.69, 9.17) is 16.3 Å². The average molecular weight is 297 g/mol. The molecule has 1 aliphatic heterocycles. The fourth-order valence-electron chi connectivity index (χ4n) is 2.74. The van der Waals surface area contributed by atoms with Gasteiger partial charge in [-0.1, -0.05) is 31.9 Å². The fourth-order valence-corrected chi connectivity index (χ4v) is 2.94. The van der Waals surface area contributed by atoms with Gasteiger partial charge in [-0.2, -0.15) is 0 Å². The second kappa shape index (κ2) is 6.68. The monoisotopic (exact) mass is 296 g/mol. The molecule has 20 heavy (non-hydrogen) atoms. The van der Waals surface area contributed by atoms with Crippen molar-refractivity contribution in [2.75, 3.05) is 25.1 Å². The molecule has 4 heteroatoms. The van der Waals surface area contributed by atoms with E-state index in [0.29, 0.717) is 23.0 Å². The average Bonchev–Trinajstić information content (AvgIpc) is 2.47. The van der Waals surface area contributed by atoms with Crippen LogP contribution in [0.15, 0.2) is 18.2 Å². The molecule has 112 valence electrons. The van der Waals surface area contributed by atoms with Crippen molar-refractivity contribution in [1.82, 2.24) is 5.32 Å². The summed E-state index contributed by atoms with van der Waals surface area (Å²) in [5.74, 6) is 1.43. The van der Waals surface area contributed by atoms with Gasteiger partial charge < -0.3 is 15.0 Å². The van der Waals surface area contributed by atoms with Crippen LogP contribution < -0.4 is 15.0 Å². The van der Waals surface area contributed by atoms with Crippen LogP contribution >= 0.6 is 11.6 Å². The Balaban J connectivity index is 2.20. The summed E-state index contributed by atoms with van der Waals surface area (Å²) < 4.78 is 5.33. The Bertz CT molecular complexity index is 452. The molecular weight excluding hydrogens is 272 g/mol. The van der Waals surface area contributed by atoms with E-state index < -0.39 is 0 Å². The molecule has 2 rings (SSSR count). The van der Waals surface area contributed by atoms with Crippen LogP contribution in [0.5, 0.6) is 5.75 Å². The first-order valence-corrected chi connectivity index (χ1v) is 7.78. The first-order valence-electron chi connectivity index (χ1n) is 7.40. The summed E-state index contributed by atoms with van der Waals surface area (Å²) in [6.07, 6.45) is 1.20. The van der Waals surface area contributed by atoms with Crippen molar-refractivity contribution in [3.63, 3.8) is 0 Å². The molecule has 0 radical (unpaired) electrons. The molecule has 1 heterocycles. The number of hydrogen-bond donors (Lipinski definition) is 1. The van der Waals surface area contributed by atoms with Crippen molar-refractivity contribution < 1.29 is 4.74 Å². The summed E-state index contributed by atoms with van der Waals surface area (Å²) in [7, 11) is 1.66. The van der Waals surface area contributed by atoms with Crippen LogP contribution in [0.4, 0.5) is 5.69 Å². The van der Waals surface area contributed by atoms with Crippen LogP contribution in [0.25, 0.3) is 0 Å². The third-order valence-electron chi connectivity index (χ3n) is 4.40. The number of hydrogen-bond acceptors (Lipinski definition) is 3. The van der Waals surface area contributed by atoms with Crippen molar-refractivity contribution >= 4 is 17.3 Å². The van der Waals surface area contributed by atoms with Crippen LogP contribution in [0, 0.1) is 5.92 Å². The number of ether oxygens (including phenoxy) is 1. The summed E-state index contributed by atoms with van der Waals surface area (Å²) >= 11 is 6.12. The van der Waals surface area contributed by atoms with Crippen LogP contribution in [0.1, 0.15) is 27.2 Å². The van der Waals surface area contributed by atoms with Crippen LogP contribution in [-0.2, 0) is 0 Å². The van der Waals surface area contributed by atoms with Gasteiger partial charge in [-0.3, -0.25) is 0 Å². The predicted octanol–water partition coefficient (Wildman–Crippen LogP) is 3.56. The Morgan fingerprint density at radius 1 is 1.50 bits per heavy atom. The molecule has 1 saturated heterocycles. The molecule has 1 aliphatic rings. The van der Waals surface area contributed by atoms with Gasteiger partial charge in [0, 0.05) is 36.9 Å². The minimum Gasteiger partial charge on any atom is -0.495 e. The quantitative estimate of drug-likeness (QED) is 0.919. The normalized spacial score (nSPS) is 24.6. The van der Waals surface area contributed by atoms with Crippen molar-refractivity contribution in [2.24, 2.45) is 5.92 Å². The van der Waals surface area contributed by atoms with Crippen molar-refractivity contribution in [2.45, 2.75) is 39.3 Å². The minimum absolute atomic E-state index is 0.473. The highest BCUT2D eigenvalue weighted by atomic mass is 35.5. The third kappa shape index (κ3) is 3.21. The molecule has 1 fully saturated rings. The maximum Gasteiger partial charge on any atom is 0.139 e. The molecule has 0 saturated carbocycles. The standard InChI is InChI=1S/C16H25ClN2O/c1-5-11(2)15-10-19(12(3)9-18-15)13-6-7-14(17)16(8-13)20-4/h6-8,11-12,15,18H,5,9-10H2,1-4H3. The number of methoxy groups -OCH3 is 1. The molecule has 0 bridgehead atoms. The molecule has 3 atom stereocenters. The maximum absolute atomic E-state index is 6.12. The van der Waals surface area contributed by atoms with Gasteiger partial charge in [0.15, 0.2) is 0 Å². The Labute approximate surface area is 127 Å². The summed E-state index contributed by atoms with van der Waals surface area (Å²) in [5, 5.41) is 4.32. The van der Waals surface area contributed by atoms with Crippen LogP contribution in [0.2, 0.25) is 5.02 Å². The van der Waals surface area contributed by atoms with Gasteiger partial charge in [0.05, 0.1) is 12.1 Å².